The highest BCUT2D eigenvalue weighted by atomic mass is 32.2. The highest BCUT2D eigenvalue weighted by molar-refractivity contribution is 8.00. The number of hydrogen-bond acceptors (Lipinski definition) is 3. The molecule has 0 radical (unpaired) electrons. The maximum Gasteiger partial charge on any atom is 0.234 e. The molecule has 0 aliphatic carbocycles. The van der Waals surface area contributed by atoms with E-state index >= 15 is 0 Å². The molecule has 0 spiro atoms. The zero-order valence-corrected chi connectivity index (χ0v) is 11.8. The van der Waals surface area contributed by atoms with Crippen LogP contribution in [0.2, 0.25) is 0 Å². The predicted octanol–water partition coefficient (Wildman–Crippen LogP) is 3.45. The van der Waals surface area contributed by atoms with E-state index in [0.717, 1.165) is 10.5 Å². The first-order valence-corrected chi connectivity index (χ1v) is 7.07. The summed E-state index contributed by atoms with van der Waals surface area (Å²) in [6, 6.07) is 11.5. The molecule has 1 amide bonds. The lowest BCUT2D eigenvalue weighted by atomic mass is 10.2. The number of nitrogen functional groups attached to an aromatic ring is 1. The van der Waals surface area contributed by atoms with Crippen LogP contribution in [0.15, 0.2) is 47.4 Å². The van der Waals surface area contributed by atoms with Gasteiger partial charge >= 0.3 is 0 Å². The van der Waals surface area contributed by atoms with Gasteiger partial charge in [0.05, 0.1) is 5.75 Å². The fourth-order valence-electron chi connectivity index (χ4n) is 1.60. The monoisotopic (exact) mass is 290 g/mol. The van der Waals surface area contributed by atoms with Gasteiger partial charge in [-0.1, -0.05) is 6.07 Å². The number of rotatable bonds is 4. The minimum absolute atomic E-state index is 0.123. The highest BCUT2D eigenvalue weighted by Gasteiger charge is 2.05. The zero-order valence-electron chi connectivity index (χ0n) is 11.0. The average Bonchev–Trinajstić information content (AvgIpc) is 2.42. The van der Waals surface area contributed by atoms with Crippen molar-refractivity contribution in [1.82, 2.24) is 0 Å². The second kappa shape index (κ2) is 6.43. The third-order valence-electron chi connectivity index (χ3n) is 2.75. The maximum absolute atomic E-state index is 12.7. The lowest BCUT2D eigenvalue weighted by Crippen LogP contribution is -2.14. The molecule has 0 heterocycles. The van der Waals surface area contributed by atoms with Gasteiger partial charge in [-0.25, -0.2) is 4.39 Å². The number of nitrogens with one attached hydrogen (secondary N) is 1. The van der Waals surface area contributed by atoms with Crippen LogP contribution in [-0.4, -0.2) is 11.7 Å². The number of carbonyl (C=O) groups excluding carboxylic acids is 1. The largest absolute Gasteiger partial charge is 0.398 e. The van der Waals surface area contributed by atoms with Crippen LogP contribution >= 0.6 is 11.8 Å². The van der Waals surface area contributed by atoms with Crippen LogP contribution in [-0.2, 0) is 4.79 Å². The van der Waals surface area contributed by atoms with E-state index in [2.05, 4.69) is 5.32 Å². The summed E-state index contributed by atoms with van der Waals surface area (Å²) in [5.41, 5.74) is 8.08. The molecule has 0 aromatic heterocycles. The molecule has 3 N–H and O–H groups in total. The molecule has 2 rings (SSSR count). The van der Waals surface area contributed by atoms with Crippen LogP contribution in [0.4, 0.5) is 15.8 Å². The van der Waals surface area contributed by atoms with Crippen LogP contribution < -0.4 is 11.1 Å². The number of amides is 1. The van der Waals surface area contributed by atoms with Gasteiger partial charge in [0.25, 0.3) is 0 Å². The van der Waals surface area contributed by atoms with Crippen molar-refractivity contribution in [1.29, 1.82) is 0 Å². The Kier molecular flexibility index (Phi) is 4.63. The van der Waals surface area contributed by atoms with E-state index in [4.69, 9.17) is 5.73 Å². The van der Waals surface area contributed by atoms with E-state index in [-0.39, 0.29) is 17.5 Å². The number of aryl methyl sites for hydroxylation is 1. The molecule has 0 saturated heterocycles. The number of carbonyl (C=O) groups is 1. The van der Waals surface area contributed by atoms with Gasteiger partial charge in [-0.05, 0) is 48.9 Å². The Labute approximate surface area is 121 Å². The Morgan fingerprint density at radius 1 is 1.25 bits per heavy atom. The summed E-state index contributed by atoms with van der Waals surface area (Å²) in [5, 5.41) is 2.78. The molecule has 2 aromatic rings. The summed E-state index contributed by atoms with van der Waals surface area (Å²) in [7, 11) is 0. The van der Waals surface area contributed by atoms with Crippen molar-refractivity contribution < 1.29 is 9.18 Å². The molecule has 104 valence electrons. The van der Waals surface area contributed by atoms with E-state index in [0.29, 0.717) is 11.4 Å². The van der Waals surface area contributed by atoms with E-state index < -0.39 is 0 Å². The minimum atomic E-state index is -0.283. The molecule has 0 aliphatic heterocycles. The first-order chi connectivity index (χ1) is 9.54. The summed E-state index contributed by atoms with van der Waals surface area (Å²) < 4.78 is 12.7. The van der Waals surface area contributed by atoms with Crippen molar-refractivity contribution in [3.05, 3.63) is 53.8 Å². The summed E-state index contributed by atoms with van der Waals surface area (Å²) in [5.74, 6) is -0.143. The highest BCUT2D eigenvalue weighted by Crippen LogP contribution is 2.20. The molecule has 20 heavy (non-hydrogen) atoms. The summed E-state index contributed by atoms with van der Waals surface area (Å²) in [6.45, 7) is 1.91. The standard InChI is InChI=1S/C15H15FN2OS/c1-10-2-5-12(8-14(10)17)18-15(19)9-20-13-6-3-11(16)4-7-13/h2-8H,9,17H2,1H3,(H,18,19). The molecule has 2 aromatic carbocycles. The van der Waals surface area contributed by atoms with Gasteiger partial charge in [0.1, 0.15) is 5.82 Å². The normalized spacial score (nSPS) is 10.3. The van der Waals surface area contributed by atoms with Gasteiger partial charge < -0.3 is 11.1 Å². The summed E-state index contributed by atoms with van der Waals surface area (Å²) >= 11 is 1.35. The molecule has 0 aliphatic rings. The molecule has 0 fully saturated rings. The van der Waals surface area contributed by atoms with Crippen molar-refractivity contribution in [3.63, 3.8) is 0 Å². The van der Waals surface area contributed by atoms with Gasteiger partial charge in [-0.2, -0.15) is 0 Å². The predicted molar refractivity (Wildman–Crippen MR) is 81.3 cm³/mol. The van der Waals surface area contributed by atoms with Crippen LogP contribution in [0.25, 0.3) is 0 Å². The van der Waals surface area contributed by atoms with E-state index in [1.165, 1.54) is 23.9 Å². The van der Waals surface area contributed by atoms with Gasteiger partial charge in [0.15, 0.2) is 0 Å². The molecule has 3 nitrogen and oxygen atoms in total. The van der Waals surface area contributed by atoms with Gasteiger partial charge in [0, 0.05) is 16.3 Å². The van der Waals surface area contributed by atoms with Crippen molar-refractivity contribution in [2.45, 2.75) is 11.8 Å². The van der Waals surface area contributed by atoms with E-state index in [9.17, 15) is 9.18 Å². The Morgan fingerprint density at radius 2 is 1.95 bits per heavy atom. The number of thioether (sulfide) groups is 1. The van der Waals surface area contributed by atoms with Crippen LogP contribution in [0.5, 0.6) is 0 Å². The average molecular weight is 290 g/mol. The summed E-state index contributed by atoms with van der Waals surface area (Å²) in [6.07, 6.45) is 0. The van der Waals surface area contributed by atoms with E-state index in [1.54, 1.807) is 18.2 Å². The minimum Gasteiger partial charge on any atom is -0.398 e. The van der Waals surface area contributed by atoms with Crippen molar-refractivity contribution in [2.24, 2.45) is 0 Å². The van der Waals surface area contributed by atoms with Crippen LogP contribution in [0, 0.1) is 12.7 Å². The number of benzene rings is 2. The number of nitrogens with two attached hydrogens (primary N) is 1. The first-order valence-electron chi connectivity index (χ1n) is 6.09. The molecule has 0 bridgehead atoms. The third-order valence-corrected chi connectivity index (χ3v) is 3.76. The quantitative estimate of drug-likeness (QED) is 0.670. The van der Waals surface area contributed by atoms with Gasteiger partial charge in [-0.15, -0.1) is 11.8 Å². The lowest BCUT2D eigenvalue weighted by Gasteiger charge is -2.07. The zero-order chi connectivity index (χ0) is 14.5. The molecule has 0 atom stereocenters. The van der Waals surface area contributed by atoms with Crippen molar-refractivity contribution in [3.8, 4) is 0 Å². The Balaban J connectivity index is 1.89. The first kappa shape index (κ1) is 14.4. The fourth-order valence-corrected chi connectivity index (χ4v) is 2.29. The lowest BCUT2D eigenvalue weighted by molar-refractivity contribution is -0.113. The Hall–Kier alpha value is -2.01. The number of anilines is 2. The van der Waals surface area contributed by atoms with E-state index in [1.807, 2.05) is 19.1 Å². The second-order valence-corrected chi connectivity index (χ2v) is 5.41. The SMILES string of the molecule is Cc1ccc(NC(=O)CSc2ccc(F)cc2)cc1N. The molecule has 0 unspecified atom stereocenters. The topological polar surface area (TPSA) is 55.1 Å². The van der Waals surface area contributed by atoms with Crippen molar-refractivity contribution in [2.75, 3.05) is 16.8 Å². The molecule has 0 saturated carbocycles. The fraction of sp³-hybridized carbons (Fsp3) is 0.133. The molecular weight excluding hydrogens is 275 g/mol. The molecular formula is C15H15FN2OS. The molecule has 5 heteroatoms. The smallest absolute Gasteiger partial charge is 0.234 e. The van der Waals surface area contributed by atoms with Crippen LogP contribution in [0.1, 0.15) is 5.56 Å². The van der Waals surface area contributed by atoms with Gasteiger partial charge in [-0.3, -0.25) is 4.79 Å². The Bertz CT molecular complexity index is 614. The number of hydrogen-bond donors (Lipinski definition) is 2. The van der Waals surface area contributed by atoms with Gasteiger partial charge in [0.2, 0.25) is 5.91 Å². The Morgan fingerprint density at radius 3 is 2.60 bits per heavy atom. The summed E-state index contributed by atoms with van der Waals surface area (Å²) in [4.78, 5) is 12.7. The number of halogens is 1. The van der Waals surface area contributed by atoms with Crippen LogP contribution in [0.3, 0.4) is 0 Å². The maximum atomic E-state index is 12.7. The second-order valence-electron chi connectivity index (χ2n) is 4.36. The third kappa shape index (κ3) is 3.99. The van der Waals surface area contributed by atoms with Crippen molar-refractivity contribution >= 4 is 29.0 Å².